The number of hydrogen-bond donors (Lipinski definition) is 2. The molecule has 0 aromatic carbocycles. The molecule has 9 heteroatoms. The highest BCUT2D eigenvalue weighted by Gasteiger charge is 2.38. The summed E-state index contributed by atoms with van der Waals surface area (Å²) in [4.78, 5) is 19.3. The average molecular weight is 392 g/mol. The fourth-order valence-corrected chi connectivity index (χ4v) is 5.50. The number of aromatic amines is 1. The molecular weight excluding hydrogens is 368 g/mol. The Hall–Kier alpha value is -2.23. The summed E-state index contributed by atoms with van der Waals surface area (Å²) in [6, 6.07) is 3.30. The van der Waals surface area contributed by atoms with Crippen molar-refractivity contribution in [2.75, 3.05) is 26.2 Å². The standard InChI is InChI=1S/C18H24N4O4S/c1-4-26-18(23)16-12(2)17(13(3)21-16)27(24,25)22-9-8-20-11-15(22)14-6-5-7-19-10-14/h5-7,10,15,20-21H,4,8-9,11H2,1-3H3. The van der Waals surface area contributed by atoms with Gasteiger partial charge in [-0.2, -0.15) is 4.31 Å². The number of aromatic nitrogens is 2. The molecule has 2 aromatic heterocycles. The van der Waals surface area contributed by atoms with Crippen molar-refractivity contribution < 1.29 is 17.9 Å². The molecule has 3 rings (SSSR count). The third-order valence-corrected chi connectivity index (χ3v) is 6.86. The van der Waals surface area contributed by atoms with Crippen molar-refractivity contribution in [3.05, 3.63) is 47.0 Å². The van der Waals surface area contributed by atoms with Crippen molar-refractivity contribution in [1.29, 1.82) is 0 Å². The molecule has 3 heterocycles. The van der Waals surface area contributed by atoms with Crippen LogP contribution in [0.1, 0.15) is 40.3 Å². The van der Waals surface area contributed by atoms with Crippen LogP contribution in [0.2, 0.25) is 0 Å². The summed E-state index contributed by atoms with van der Waals surface area (Å²) in [5, 5.41) is 3.24. The van der Waals surface area contributed by atoms with Gasteiger partial charge >= 0.3 is 5.97 Å². The summed E-state index contributed by atoms with van der Waals surface area (Å²) in [6.45, 7) is 6.61. The van der Waals surface area contributed by atoms with Gasteiger partial charge in [0, 0.05) is 43.3 Å². The summed E-state index contributed by atoms with van der Waals surface area (Å²) in [6.07, 6.45) is 3.34. The lowest BCUT2D eigenvalue weighted by Gasteiger charge is -2.35. The maximum atomic E-state index is 13.5. The number of rotatable bonds is 5. The number of carbonyl (C=O) groups excluding carboxylic acids is 1. The van der Waals surface area contributed by atoms with Crippen LogP contribution in [0, 0.1) is 13.8 Å². The number of nitrogens with zero attached hydrogens (tertiary/aromatic N) is 2. The summed E-state index contributed by atoms with van der Waals surface area (Å²) >= 11 is 0. The zero-order valence-corrected chi connectivity index (χ0v) is 16.5. The van der Waals surface area contributed by atoms with E-state index in [1.807, 2.05) is 6.07 Å². The van der Waals surface area contributed by atoms with Crippen molar-refractivity contribution in [2.45, 2.75) is 31.7 Å². The quantitative estimate of drug-likeness (QED) is 0.748. The monoisotopic (exact) mass is 392 g/mol. The largest absolute Gasteiger partial charge is 0.461 e. The van der Waals surface area contributed by atoms with E-state index in [2.05, 4.69) is 15.3 Å². The Labute approximate surface area is 159 Å². The fourth-order valence-electron chi connectivity index (χ4n) is 3.47. The van der Waals surface area contributed by atoms with Crippen LogP contribution in [-0.2, 0) is 14.8 Å². The number of aryl methyl sites for hydroxylation is 1. The lowest BCUT2D eigenvalue weighted by molar-refractivity contribution is 0.0519. The van der Waals surface area contributed by atoms with E-state index >= 15 is 0 Å². The lowest BCUT2D eigenvalue weighted by atomic mass is 10.1. The second-order valence-corrected chi connectivity index (χ2v) is 8.25. The van der Waals surface area contributed by atoms with E-state index in [0.717, 1.165) is 5.56 Å². The first-order valence-electron chi connectivity index (χ1n) is 8.86. The van der Waals surface area contributed by atoms with Gasteiger partial charge < -0.3 is 15.0 Å². The van der Waals surface area contributed by atoms with Gasteiger partial charge in [0.1, 0.15) is 10.6 Å². The van der Waals surface area contributed by atoms with Gasteiger partial charge in [0.15, 0.2) is 0 Å². The first-order chi connectivity index (χ1) is 12.9. The van der Waals surface area contributed by atoms with Crippen molar-refractivity contribution in [2.24, 2.45) is 0 Å². The minimum absolute atomic E-state index is 0.140. The Balaban J connectivity index is 2.04. The molecule has 0 radical (unpaired) electrons. The highest BCUT2D eigenvalue weighted by atomic mass is 32.2. The number of pyridine rings is 1. The number of ether oxygens (including phenoxy) is 1. The summed E-state index contributed by atoms with van der Waals surface area (Å²) in [5.41, 5.74) is 1.82. The molecule has 0 bridgehead atoms. The summed E-state index contributed by atoms with van der Waals surface area (Å²) in [7, 11) is -3.82. The van der Waals surface area contributed by atoms with E-state index in [-0.39, 0.29) is 23.2 Å². The van der Waals surface area contributed by atoms with Gasteiger partial charge in [-0.1, -0.05) is 6.07 Å². The molecule has 0 aliphatic carbocycles. The number of piperazine rings is 1. The molecule has 146 valence electrons. The third-order valence-electron chi connectivity index (χ3n) is 4.68. The van der Waals surface area contributed by atoms with Crippen LogP contribution in [0.3, 0.4) is 0 Å². The molecule has 1 fully saturated rings. The van der Waals surface area contributed by atoms with Crippen molar-refractivity contribution >= 4 is 16.0 Å². The smallest absolute Gasteiger partial charge is 0.355 e. The average Bonchev–Trinajstić information content (AvgIpc) is 2.97. The molecule has 2 N–H and O–H groups in total. The van der Waals surface area contributed by atoms with Crippen molar-refractivity contribution in [3.63, 3.8) is 0 Å². The van der Waals surface area contributed by atoms with E-state index in [1.54, 1.807) is 39.2 Å². The Kier molecular flexibility index (Phi) is 5.64. The highest BCUT2D eigenvalue weighted by molar-refractivity contribution is 7.89. The van der Waals surface area contributed by atoms with Crippen LogP contribution < -0.4 is 5.32 Å². The summed E-state index contributed by atoms with van der Waals surface area (Å²) < 4.78 is 33.5. The van der Waals surface area contributed by atoms with Gasteiger partial charge in [-0.3, -0.25) is 4.98 Å². The number of hydrogen-bond acceptors (Lipinski definition) is 6. The number of carbonyl (C=O) groups is 1. The van der Waals surface area contributed by atoms with E-state index in [4.69, 9.17) is 4.74 Å². The second-order valence-electron chi connectivity index (χ2n) is 6.42. The molecule has 0 amide bonds. The van der Waals surface area contributed by atoms with E-state index in [9.17, 15) is 13.2 Å². The van der Waals surface area contributed by atoms with Gasteiger partial charge in [-0.15, -0.1) is 0 Å². The normalized spacial score (nSPS) is 18.4. The molecule has 1 aliphatic heterocycles. The van der Waals surface area contributed by atoms with Crippen LogP contribution in [0.5, 0.6) is 0 Å². The zero-order chi connectivity index (χ0) is 19.6. The van der Waals surface area contributed by atoms with Gasteiger partial charge in [0.2, 0.25) is 10.0 Å². The predicted molar refractivity (Wildman–Crippen MR) is 100.0 cm³/mol. The molecule has 8 nitrogen and oxygen atoms in total. The van der Waals surface area contributed by atoms with Crippen LogP contribution in [0.4, 0.5) is 0 Å². The number of H-pyrrole nitrogens is 1. The maximum absolute atomic E-state index is 13.5. The minimum Gasteiger partial charge on any atom is -0.461 e. The fraction of sp³-hybridized carbons (Fsp3) is 0.444. The van der Waals surface area contributed by atoms with Crippen molar-refractivity contribution in [3.8, 4) is 0 Å². The first-order valence-corrected chi connectivity index (χ1v) is 10.3. The van der Waals surface area contributed by atoms with Gasteiger partial charge in [0.25, 0.3) is 0 Å². The van der Waals surface area contributed by atoms with Gasteiger partial charge in [0.05, 0.1) is 12.6 Å². The van der Waals surface area contributed by atoms with E-state index in [0.29, 0.717) is 30.9 Å². The first kappa shape index (κ1) is 19.5. The Morgan fingerprint density at radius 1 is 1.41 bits per heavy atom. The van der Waals surface area contributed by atoms with E-state index in [1.165, 1.54) is 4.31 Å². The predicted octanol–water partition coefficient (Wildman–Crippen LogP) is 1.54. The Bertz CT molecular complexity index is 924. The van der Waals surface area contributed by atoms with Crippen molar-refractivity contribution in [1.82, 2.24) is 19.6 Å². The van der Waals surface area contributed by atoms with Crippen LogP contribution in [-0.4, -0.2) is 54.9 Å². The van der Waals surface area contributed by atoms with Crippen LogP contribution >= 0.6 is 0 Å². The molecule has 1 unspecified atom stereocenters. The topological polar surface area (TPSA) is 104 Å². The number of esters is 1. The Morgan fingerprint density at radius 2 is 2.19 bits per heavy atom. The zero-order valence-electron chi connectivity index (χ0n) is 15.7. The van der Waals surface area contributed by atoms with Gasteiger partial charge in [-0.05, 0) is 32.4 Å². The molecule has 27 heavy (non-hydrogen) atoms. The maximum Gasteiger partial charge on any atom is 0.355 e. The van der Waals surface area contributed by atoms with E-state index < -0.39 is 16.0 Å². The third kappa shape index (κ3) is 3.62. The van der Waals surface area contributed by atoms with Crippen LogP contribution in [0.25, 0.3) is 0 Å². The van der Waals surface area contributed by atoms with Gasteiger partial charge in [-0.25, -0.2) is 13.2 Å². The lowest BCUT2D eigenvalue weighted by Crippen LogP contribution is -2.48. The minimum atomic E-state index is -3.82. The Morgan fingerprint density at radius 3 is 2.85 bits per heavy atom. The molecule has 0 spiro atoms. The number of nitrogens with one attached hydrogen (secondary N) is 2. The molecule has 0 saturated carbocycles. The molecule has 2 aromatic rings. The highest BCUT2D eigenvalue weighted by Crippen LogP contribution is 2.32. The summed E-state index contributed by atoms with van der Waals surface area (Å²) in [5.74, 6) is -0.552. The molecule has 1 aliphatic rings. The molecule has 1 atom stereocenters. The SMILES string of the molecule is CCOC(=O)c1[nH]c(C)c(S(=O)(=O)N2CCNCC2c2cccnc2)c1C. The number of sulfonamides is 1. The second kappa shape index (κ2) is 7.79. The molecular formula is C18H24N4O4S. The van der Waals surface area contributed by atoms with Crippen LogP contribution in [0.15, 0.2) is 29.4 Å². The molecule has 1 saturated heterocycles.